The van der Waals surface area contributed by atoms with Crippen LogP contribution in [0.5, 0.6) is 5.75 Å². The number of primary amides is 1. The van der Waals surface area contributed by atoms with Gasteiger partial charge in [0.2, 0.25) is 5.91 Å². The van der Waals surface area contributed by atoms with Crippen LogP contribution in [0.3, 0.4) is 0 Å². The van der Waals surface area contributed by atoms with Crippen LogP contribution in [0.1, 0.15) is 27.0 Å². The topological polar surface area (TPSA) is 81.4 Å². The number of nitrogens with one attached hydrogen (secondary N) is 1. The molecule has 2 amide bonds. The lowest BCUT2D eigenvalue weighted by atomic mass is 10.1. The van der Waals surface area contributed by atoms with Crippen LogP contribution in [-0.2, 0) is 11.3 Å². The fraction of sp³-hybridized carbons (Fsp3) is 0.222. The van der Waals surface area contributed by atoms with Gasteiger partial charge < -0.3 is 15.8 Å². The van der Waals surface area contributed by atoms with Crippen molar-refractivity contribution in [2.45, 2.75) is 20.4 Å². The van der Waals surface area contributed by atoms with E-state index in [1.165, 1.54) is 5.56 Å². The maximum absolute atomic E-state index is 11.8. The number of aryl methyl sites for hydroxylation is 2. The highest BCUT2D eigenvalue weighted by atomic mass is 16.5. The highest BCUT2D eigenvalue weighted by Crippen LogP contribution is 2.16. The van der Waals surface area contributed by atoms with Crippen molar-refractivity contribution in [1.29, 1.82) is 0 Å². The summed E-state index contributed by atoms with van der Waals surface area (Å²) in [6, 6.07) is 12.5. The van der Waals surface area contributed by atoms with Crippen LogP contribution in [0.25, 0.3) is 0 Å². The van der Waals surface area contributed by atoms with E-state index in [0.717, 1.165) is 11.1 Å². The molecule has 0 saturated heterocycles. The summed E-state index contributed by atoms with van der Waals surface area (Å²) in [5.41, 5.74) is 8.81. The number of carbonyl (C=O) groups is 2. The zero-order valence-corrected chi connectivity index (χ0v) is 13.3. The molecule has 0 aliphatic rings. The molecule has 2 aromatic carbocycles. The zero-order chi connectivity index (χ0) is 16.8. The average molecular weight is 312 g/mol. The summed E-state index contributed by atoms with van der Waals surface area (Å²) in [6.07, 6.45) is 0. The van der Waals surface area contributed by atoms with Gasteiger partial charge in [0.15, 0.2) is 6.61 Å². The Kier molecular flexibility index (Phi) is 5.36. The fourth-order valence-corrected chi connectivity index (χ4v) is 1.99. The number of nitrogens with two attached hydrogens (primary N) is 1. The molecule has 5 nitrogen and oxygen atoms in total. The number of amides is 2. The number of ether oxygens (including phenoxy) is 1. The number of hydrogen-bond donors (Lipinski definition) is 2. The molecular weight excluding hydrogens is 292 g/mol. The number of hydrogen-bond acceptors (Lipinski definition) is 3. The van der Waals surface area contributed by atoms with Gasteiger partial charge in [-0.3, -0.25) is 9.59 Å². The smallest absolute Gasteiger partial charge is 0.258 e. The lowest BCUT2D eigenvalue weighted by Crippen LogP contribution is -2.28. The van der Waals surface area contributed by atoms with Crippen molar-refractivity contribution < 1.29 is 14.3 Å². The second-order valence-corrected chi connectivity index (χ2v) is 5.37. The lowest BCUT2D eigenvalue weighted by Gasteiger charge is -2.09. The molecule has 0 spiro atoms. The first-order chi connectivity index (χ1) is 11.0. The third kappa shape index (κ3) is 4.85. The largest absolute Gasteiger partial charge is 0.484 e. The van der Waals surface area contributed by atoms with E-state index < -0.39 is 5.91 Å². The van der Waals surface area contributed by atoms with Gasteiger partial charge in [-0.1, -0.05) is 18.2 Å². The van der Waals surface area contributed by atoms with Gasteiger partial charge >= 0.3 is 0 Å². The molecule has 120 valence electrons. The quantitative estimate of drug-likeness (QED) is 0.857. The van der Waals surface area contributed by atoms with Gasteiger partial charge in [0, 0.05) is 12.1 Å². The van der Waals surface area contributed by atoms with Crippen molar-refractivity contribution >= 4 is 11.8 Å². The van der Waals surface area contributed by atoms with Gasteiger partial charge in [-0.15, -0.1) is 0 Å². The van der Waals surface area contributed by atoms with Crippen LogP contribution in [0.15, 0.2) is 42.5 Å². The standard InChI is InChI=1S/C18H20N2O3/c1-12-3-8-16(9-13(12)2)23-11-17(21)20-10-14-4-6-15(7-5-14)18(19)22/h3-9H,10-11H2,1-2H3,(H2,19,22)(H,20,21). The molecular formula is C18H20N2O3. The maximum Gasteiger partial charge on any atom is 0.258 e. The molecule has 0 bridgehead atoms. The normalized spacial score (nSPS) is 10.2. The first-order valence-corrected chi connectivity index (χ1v) is 7.31. The summed E-state index contributed by atoms with van der Waals surface area (Å²) in [4.78, 5) is 22.8. The molecule has 0 fully saturated rings. The summed E-state index contributed by atoms with van der Waals surface area (Å²) < 4.78 is 5.47. The zero-order valence-electron chi connectivity index (χ0n) is 13.3. The molecule has 5 heteroatoms. The van der Waals surface area contributed by atoms with Crippen LogP contribution in [0.4, 0.5) is 0 Å². The van der Waals surface area contributed by atoms with Gasteiger partial charge in [0.25, 0.3) is 5.91 Å². The molecule has 3 N–H and O–H groups in total. The Labute approximate surface area is 135 Å². The Morgan fingerprint density at radius 1 is 1.04 bits per heavy atom. The first kappa shape index (κ1) is 16.5. The summed E-state index contributed by atoms with van der Waals surface area (Å²) in [6.45, 7) is 4.35. The predicted molar refractivity (Wildman–Crippen MR) is 88.2 cm³/mol. The van der Waals surface area contributed by atoms with Crippen LogP contribution in [0.2, 0.25) is 0 Å². The molecule has 2 rings (SSSR count). The SMILES string of the molecule is Cc1ccc(OCC(=O)NCc2ccc(C(N)=O)cc2)cc1C. The van der Waals surface area contributed by atoms with Gasteiger partial charge in [0.1, 0.15) is 5.75 Å². The van der Waals surface area contributed by atoms with Crippen LogP contribution < -0.4 is 15.8 Å². The minimum absolute atomic E-state index is 0.0398. The molecule has 0 aliphatic carbocycles. The lowest BCUT2D eigenvalue weighted by molar-refractivity contribution is -0.123. The Balaban J connectivity index is 1.80. The minimum Gasteiger partial charge on any atom is -0.484 e. The number of carbonyl (C=O) groups excluding carboxylic acids is 2. The van der Waals surface area contributed by atoms with Crippen molar-refractivity contribution in [2.75, 3.05) is 6.61 Å². The van der Waals surface area contributed by atoms with Crippen LogP contribution in [0, 0.1) is 13.8 Å². The highest BCUT2D eigenvalue weighted by molar-refractivity contribution is 5.92. The van der Waals surface area contributed by atoms with Crippen molar-refractivity contribution in [3.05, 3.63) is 64.7 Å². The van der Waals surface area contributed by atoms with E-state index in [9.17, 15) is 9.59 Å². The monoisotopic (exact) mass is 312 g/mol. The summed E-state index contributed by atoms with van der Waals surface area (Å²) in [5.74, 6) is -0.00126. The van der Waals surface area contributed by atoms with E-state index in [0.29, 0.717) is 17.9 Å². The van der Waals surface area contributed by atoms with Crippen molar-refractivity contribution in [1.82, 2.24) is 5.32 Å². The molecule has 0 radical (unpaired) electrons. The van der Waals surface area contributed by atoms with Gasteiger partial charge in [-0.25, -0.2) is 0 Å². The second-order valence-electron chi connectivity index (χ2n) is 5.37. The van der Waals surface area contributed by atoms with Gasteiger partial charge in [-0.2, -0.15) is 0 Å². The second kappa shape index (κ2) is 7.45. The van der Waals surface area contributed by atoms with Gasteiger partial charge in [-0.05, 0) is 54.8 Å². The summed E-state index contributed by atoms with van der Waals surface area (Å²) in [5, 5.41) is 2.76. The molecule has 0 atom stereocenters. The van der Waals surface area contributed by atoms with Crippen molar-refractivity contribution in [3.8, 4) is 5.75 Å². The highest BCUT2D eigenvalue weighted by Gasteiger charge is 2.05. The first-order valence-electron chi connectivity index (χ1n) is 7.31. The summed E-state index contributed by atoms with van der Waals surface area (Å²) in [7, 11) is 0. The molecule has 2 aromatic rings. The predicted octanol–water partition coefficient (Wildman–Crippen LogP) is 2.10. The third-order valence-electron chi connectivity index (χ3n) is 3.58. The van der Waals surface area contributed by atoms with E-state index in [2.05, 4.69) is 5.32 Å². The Morgan fingerprint density at radius 3 is 2.35 bits per heavy atom. The average Bonchev–Trinajstić information content (AvgIpc) is 2.54. The van der Waals surface area contributed by atoms with Crippen molar-refractivity contribution in [2.24, 2.45) is 5.73 Å². The molecule has 0 aliphatic heterocycles. The Morgan fingerprint density at radius 2 is 1.74 bits per heavy atom. The van der Waals surface area contributed by atoms with E-state index in [-0.39, 0.29) is 12.5 Å². The van der Waals surface area contributed by atoms with E-state index in [1.54, 1.807) is 24.3 Å². The van der Waals surface area contributed by atoms with Crippen LogP contribution in [-0.4, -0.2) is 18.4 Å². The van der Waals surface area contributed by atoms with Gasteiger partial charge in [0.05, 0.1) is 0 Å². The molecule has 0 saturated carbocycles. The maximum atomic E-state index is 11.8. The minimum atomic E-state index is -0.470. The van der Waals surface area contributed by atoms with Crippen LogP contribution >= 0.6 is 0 Å². The molecule has 0 unspecified atom stereocenters. The molecule has 23 heavy (non-hydrogen) atoms. The number of benzene rings is 2. The fourth-order valence-electron chi connectivity index (χ4n) is 1.99. The van der Waals surface area contributed by atoms with E-state index in [4.69, 9.17) is 10.5 Å². The summed E-state index contributed by atoms with van der Waals surface area (Å²) >= 11 is 0. The Hall–Kier alpha value is -2.82. The van der Waals surface area contributed by atoms with Crippen molar-refractivity contribution in [3.63, 3.8) is 0 Å². The molecule has 0 heterocycles. The van der Waals surface area contributed by atoms with E-state index >= 15 is 0 Å². The van der Waals surface area contributed by atoms with E-state index in [1.807, 2.05) is 32.0 Å². The number of rotatable bonds is 6. The molecule has 0 aromatic heterocycles. The third-order valence-corrected chi connectivity index (χ3v) is 3.58. The Bertz CT molecular complexity index is 709.